The minimum atomic E-state index is -0.621. The lowest BCUT2D eigenvalue weighted by molar-refractivity contribution is -0.124. The fourth-order valence-corrected chi connectivity index (χ4v) is 3.12. The van der Waals surface area contributed by atoms with Crippen molar-refractivity contribution in [3.05, 3.63) is 51.7 Å². The van der Waals surface area contributed by atoms with E-state index >= 15 is 0 Å². The van der Waals surface area contributed by atoms with Crippen LogP contribution in [-0.2, 0) is 11.3 Å². The molecule has 5 nitrogen and oxygen atoms in total. The SMILES string of the molecule is CC(C)C(NC(=O)Nc1ccccc1)C(=O)NCc1ccc(Cl)s1. The van der Waals surface area contributed by atoms with Gasteiger partial charge in [-0.15, -0.1) is 11.3 Å². The zero-order chi connectivity index (χ0) is 17.5. The van der Waals surface area contributed by atoms with E-state index in [1.807, 2.05) is 38.1 Å². The minimum Gasteiger partial charge on any atom is -0.349 e. The molecule has 1 heterocycles. The molecule has 3 N–H and O–H groups in total. The number of halogens is 1. The monoisotopic (exact) mass is 365 g/mol. The van der Waals surface area contributed by atoms with Crippen LogP contribution in [0.3, 0.4) is 0 Å². The lowest BCUT2D eigenvalue weighted by Crippen LogP contribution is -2.50. The second-order valence-electron chi connectivity index (χ2n) is 5.61. The van der Waals surface area contributed by atoms with E-state index in [1.54, 1.807) is 18.2 Å². The van der Waals surface area contributed by atoms with Crippen LogP contribution in [0.15, 0.2) is 42.5 Å². The molecule has 0 bridgehead atoms. The fourth-order valence-electron chi connectivity index (χ4n) is 2.10. The van der Waals surface area contributed by atoms with Gasteiger partial charge in [0.05, 0.1) is 10.9 Å². The van der Waals surface area contributed by atoms with Crippen molar-refractivity contribution in [1.82, 2.24) is 10.6 Å². The molecule has 0 saturated carbocycles. The molecular formula is C17H20ClN3O2S. The summed E-state index contributed by atoms with van der Waals surface area (Å²) in [6.07, 6.45) is 0. The van der Waals surface area contributed by atoms with Crippen LogP contribution in [0.2, 0.25) is 4.34 Å². The van der Waals surface area contributed by atoms with E-state index in [2.05, 4.69) is 16.0 Å². The summed E-state index contributed by atoms with van der Waals surface area (Å²) in [4.78, 5) is 25.4. The third kappa shape index (κ3) is 5.54. The standard InChI is InChI=1S/C17H20ClN3O2S/c1-11(2)15(16(22)19-10-13-8-9-14(18)24-13)21-17(23)20-12-6-4-3-5-7-12/h3-9,11,15H,10H2,1-2H3,(H,19,22)(H2,20,21,23). The van der Waals surface area contributed by atoms with Gasteiger partial charge in [0.2, 0.25) is 5.91 Å². The molecule has 1 aromatic heterocycles. The summed E-state index contributed by atoms with van der Waals surface area (Å²) >= 11 is 7.29. The number of anilines is 1. The topological polar surface area (TPSA) is 70.2 Å². The average Bonchev–Trinajstić information content (AvgIpc) is 2.96. The van der Waals surface area contributed by atoms with Crippen molar-refractivity contribution >= 4 is 40.6 Å². The quantitative estimate of drug-likeness (QED) is 0.727. The van der Waals surface area contributed by atoms with Gasteiger partial charge in [0.25, 0.3) is 0 Å². The summed E-state index contributed by atoms with van der Waals surface area (Å²) in [6.45, 7) is 4.16. The highest BCUT2D eigenvalue weighted by atomic mass is 35.5. The largest absolute Gasteiger partial charge is 0.349 e. The van der Waals surface area contributed by atoms with E-state index in [0.29, 0.717) is 16.6 Å². The molecule has 0 saturated heterocycles. The van der Waals surface area contributed by atoms with Crippen molar-refractivity contribution in [1.29, 1.82) is 0 Å². The smallest absolute Gasteiger partial charge is 0.319 e. The highest BCUT2D eigenvalue weighted by molar-refractivity contribution is 7.16. The van der Waals surface area contributed by atoms with Gasteiger partial charge in [0.1, 0.15) is 6.04 Å². The van der Waals surface area contributed by atoms with Crippen molar-refractivity contribution in [3.8, 4) is 0 Å². The van der Waals surface area contributed by atoms with Crippen LogP contribution in [0.25, 0.3) is 0 Å². The Morgan fingerprint density at radius 2 is 1.83 bits per heavy atom. The number of thiophene rings is 1. The van der Waals surface area contributed by atoms with E-state index in [0.717, 1.165) is 4.88 Å². The average molecular weight is 366 g/mol. The first-order chi connectivity index (χ1) is 11.5. The number of carbonyl (C=O) groups excluding carboxylic acids is 2. The second-order valence-corrected chi connectivity index (χ2v) is 7.41. The van der Waals surface area contributed by atoms with Crippen molar-refractivity contribution in [2.24, 2.45) is 5.92 Å². The number of hydrogen-bond acceptors (Lipinski definition) is 3. The number of amides is 3. The van der Waals surface area contributed by atoms with Gasteiger partial charge in [0, 0.05) is 10.6 Å². The van der Waals surface area contributed by atoms with Crippen LogP contribution in [0.1, 0.15) is 18.7 Å². The molecular weight excluding hydrogens is 346 g/mol. The van der Waals surface area contributed by atoms with Gasteiger partial charge in [0.15, 0.2) is 0 Å². The lowest BCUT2D eigenvalue weighted by Gasteiger charge is -2.21. The Labute approximate surface area is 150 Å². The zero-order valence-corrected chi connectivity index (χ0v) is 15.1. The predicted octanol–water partition coefficient (Wildman–Crippen LogP) is 3.86. The molecule has 2 rings (SSSR count). The number of urea groups is 1. The van der Waals surface area contributed by atoms with Crippen LogP contribution >= 0.6 is 22.9 Å². The van der Waals surface area contributed by atoms with Crippen molar-refractivity contribution in [2.75, 3.05) is 5.32 Å². The van der Waals surface area contributed by atoms with Crippen LogP contribution in [-0.4, -0.2) is 18.0 Å². The van der Waals surface area contributed by atoms with E-state index in [-0.39, 0.29) is 11.8 Å². The first-order valence-corrected chi connectivity index (χ1v) is 8.79. The molecule has 0 spiro atoms. The molecule has 3 amide bonds. The molecule has 0 fully saturated rings. The molecule has 128 valence electrons. The first-order valence-electron chi connectivity index (χ1n) is 7.60. The van der Waals surface area contributed by atoms with Crippen LogP contribution < -0.4 is 16.0 Å². The van der Waals surface area contributed by atoms with Crippen LogP contribution in [0.5, 0.6) is 0 Å². The van der Waals surface area contributed by atoms with Gasteiger partial charge < -0.3 is 16.0 Å². The predicted molar refractivity (Wildman–Crippen MR) is 98.4 cm³/mol. The maximum Gasteiger partial charge on any atom is 0.319 e. The maximum absolute atomic E-state index is 12.4. The number of nitrogens with one attached hydrogen (secondary N) is 3. The van der Waals surface area contributed by atoms with Gasteiger partial charge in [-0.3, -0.25) is 4.79 Å². The molecule has 0 aliphatic carbocycles. The number of rotatable bonds is 6. The van der Waals surface area contributed by atoms with Gasteiger partial charge in [-0.1, -0.05) is 43.6 Å². The Hall–Kier alpha value is -2.05. The lowest BCUT2D eigenvalue weighted by atomic mass is 10.0. The molecule has 0 aliphatic heterocycles. The summed E-state index contributed by atoms with van der Waals surface area (Å²) in [5, 5.41) is 8.27. The van der Waals surface area contributed by atoms with E-state index < -0.39 is 12.1 Å². The number of benzene rings is 1. The van der Waals surface area contributed by atoms with Gasteiger partial charge >= 0.3 is 6.03 Å². The fraction of sp³-hybridized carbons (Fsp3) is 0.294. The summed E-state index contributed by atoms with van der Waals surface area (Å²) in [7, 11) is 0. The van der Waals surface area contributed by atoms with Crippen LogP contribution in [0.4, 0.5) is 10.5 Å². The summed E-state index contributed by atoms with van der Waals surface area (Å²) in [5.74, 6) is -0.267. The molecule has 24 heavy (non-hydrogen) atoms. The Morgan fingerprint density at radius 1 is 1.12 bits per heavy atom. The minimum absolute atomic E-state index is 0.0431. The van der Waals surface area contributed by atoms with Crippen molar-refractivity contribution < 1.29 is 9.59 Å². The zero-order valence-electron chi connectivity index (χ0n) is 13.5. The highest BCUT2D eigenvalue weighted by Gasteiger charge is 2.24. The first kappa shape index (κ1) is 18.3. The van der Waals surface area contributed by atoms with Crippen molar-refractivity contribution in [3.63, 3.8) is 0 Å². The Bertz CT molecular complexity index is 688. The molecule has 0 radical (unpaired) electrons. The van der Waals surface area contributed by atoms with E-state index in [9.17, 15) is 9.59 Å². The third-order valence-corrected chi connectivity index (χ3v) is 4.56. The van der Waals surface area contributed by atoms with E-state index in [4.69, 9.17) is 11.6 Å². The maximum atomic E-state index is 12.4. The highest BCUT2D eigenvalue weighted by Crippen LogP contribution is 2.21. The molecule has 1 unspecified atom stereocenters. The number of para-hydroxylation sites is 1. The normalized spacial score (nSPS) is 11.8. The Balaban J connectivity index is 1.90. The molecule has 1 atom stereocenters. The third-order valence-electron chi connectivity index (χ3n) is 3.33. The Morgan fingerprint density at radius 3 is 2.42 bits per heavy atom. The molecule has 2 aromatic rings. The van der Waals surface area contributed by atoms with Gasteiger partial charge in [-0.2, -0.15) is 0 Å². The molecule has 7 heteroatoms. The van der Waals surface area contributed by atoms with Gasteiger partial charge in [-0.05, 0) is 30.2 Å². The summed E-state index contributed by atoms with van der Waals surface area (Å²) in [5.41, 5.74) is 0.672. The van der Waals surface area contributed by atoms with Crippen molar-refractivity contribution in [2.45, 2.75) is 26.4 Å². The number of hydrogen-bond donors (Lipinski definition) is 3. The molecule has 1 aromatic carbocycles. The number of carbonyl (C=O) groups is 2. The van der Waals surface area contributed by atoms with Gasteiger partial charge in [-0.25, -0.2) is 4.79 Å². The van der Waals surface area contributed by atoms with E-state index in [1.165, 1.54) is 11.3 Å². The second kappa shape index (κ2) is 8.70. The summed E-state index contributed by atoms with van der Waals surface area (Å²) in [6, 6.07) is 11.7. The van der Waals surface area contributed by atoms with Crippen LogP contribution in [0, 0.1) is 5.92 Å². The molecule has 0 aliphatic rings. The Kier molecular flexibility index (Phi) is 6.63. The summed E-state index contributed by atoms with van der Waals surface area (Å²) < 4.78 is 0.681.